The van der Waals surface area contributed by atoms with E-state index in [0.29, 0.717) is 0 Å². The molecule has 1 aromatic rings. The Hall–Kier alpha value is -1.20. The van der Waals surface area contributed by atoms with Crippen molar-refractivity contribution in [1.29, 1.82) is 0 Å². The smallest absolute Gasteiger partial charge is 0.225 e. The summed E-state index contributed by atoms with van der Waals surface area (Å²) >= 11 is 0. The van der Waals surface area contributed by atoms with Crippen LogP contribution in [-0.2, 0) is 0 Å². The van der Waals surface area contributed by atoms with Crippen LogP contribution in [0.25, 0.3) is 0 Å². The second-order valence-electron chi connectivity index (χ2n) is 6.42. The zero-order valence-corrected chi connectivity index (χ0v) is 14.4. The van der Waals surface area contributed by atoms with Crippen molar-refractivity contribution in [3.63, 3.8) is 0 Å². The molecule has 5 heteroatoms. The van der Waals surface area contributed by atoms with Crippen LogP contribution in [0.2, 0.25) is 0 Å². The van der Waals surface area contributed by atoms with Gasteiger partial charge in [-0.1, -0.05) is 26.7 Å². The maximum Gasteiger partial charge on any atom is 0.225 e. The van der Waals surface area contributed by atoms with Crippen molar-refractivity contribution < 1.29 is 0 Å². The molecule has 0 radical (unpaired) electrons. The second-order valence-corrected chi connectivity index (χ2v) is 6.42. The SMILES string of the molecule is CCCC.CN1CC(CN2CCN(c3ncccn3)CC2)C1. The van der Waals surface area contributed by atoms with Gasteiger partial charge in [-0.05, 0) is 19.0 Å². The number of likely N-dealkylation sites (tertiary alicyclic amines) is 1. The molecule has 2 aliphatic heterocycles. The molecule has 2 fully saturated rings. The monoisotopic (exact) mass is 305 g/mol. The molecule has 0 amide bonds. The van der Waals surface area contributed by atoms with Gasteiger partial charge in [0.15, 0.2) is 0 Å². The second kappa shape index (κ2) is 9.06. The largest absolute Gasteiger partial charge is 0.338 e. The summed E-state index contributed by atoms with van der Waals surface area (Å²) in [6.45, 7) is 12.5. The average Bonchev–Trinajstić information content (AvgIpc) is 2.55. The molecule has 5 nitrogen and oxygen atoms in total. The third kappa shape index (κ3) is 5.21. The molecule has 22 heavy (non-hydrogen) atoms. The Bertz CT molecular complexity index is 395. The summed E-state index contributed by atoms with van der Waals surface area (Å²) in [4.78, 5) is 15.9. The van der Waals surface area contributed by atoms with Crippen LogP contribution in [0, 0.1) is 5.92 Å². The number of nitrogens with zero attached hydrogens (tertiary/aromatic N) is 5. The molecule has 3 heterocycles. The van der Waals surface area contributed by atoms with Crippen LogP contribution < -0.4 is 4.90 Å². The van der Waals surface area contributed by atoms with Crippen molar-refractivity contribution in [2.45, 2.75) is 26.7 Å². The van der Waals surface area contributed by atoms with Gasteiger partial charge in [0.1, 0.15) is 0 Å². The van der Waals surface area contributed by atoms with Crippen LogP contribution in [0.15, 0.2) is 18.5 Å². The molecule has 1 aromatic heterocycles. The predicted molar refractivity (Wildman–Crippen MR) is 92.3 cm³/mol. The maximum absolute atomic E-state index is 4.32. The summed E-state index contributed by atoms with van der Waals surface area (Å²) in [5.41, 5.74) is 0. The van der Waals surface area contributed by atoms with Crippen molar-refractivity contribution in [3.8, 4) is 0 Å². The molecule has 2 aliphatic rings. The predicted octanol–water partition coefficient (Wildman–Crippen LogP) is 1.97. The van der Waals surface area contributed by atoms with Crippen molar-refractivity contribution >= 4 is 5.95 Å². The first-order valence-corrected chi connectivity index (χ1v) is 8.65. The lowest BCUT2D eigenvalue weighted by molar-refractivity contribution is 0.0881. The highest BCUT2D eigenvalue weighted by molar-refractivity contribution is 5.29. The van der Waals surface area contributed by atoms with Crippen LogP contribution in [0.5, 0.6) is 0 Å². The van der Waals surface area contributed by atoms with Gasteiger partial charge in [-0.15, -0.1) is 0 Å². The Morgan fingerprint density at radius 1 is 1.00 bits per heavy atom. The summed E-state index contributed by atoms with van der Waals surface area (Å²) in [5.74, 6) is 1.76. The third-order valence-electron chi connectivity index (χ3n) is 4.36. The number of aromatic nitrogens is 2. The molecule has 0 bridgehead atoms. The highest BCUT2D eigenvalue weighted by Gasteiger charge is 2.27. The van der Waals surface area contributed by atoms with E-state index in [0.717, 1.165) is 38.0 Å². The Morgan fingerprint density at radius 2 is 1.59 bits per heavy atom. The molecule has 0 aromatic carbocycles. The summed E-state index contributed by atoms with van der Waals surface area (Å²) in [6, 6.07) is 1.87. The molecular formula is C17H31N5. The van der Waals surface area contributed by atoms with Gasteiger partial charge in [0.2, 0.25) is 5.95 Å². The van der Waals surface area contributed by atoms with Crippen LogP contribution >= 0.6 is 0 Å². The fraction of sp³-hybridized carbons (Fsp3) is 0.765. The van der Waals surface area contributed by atoms with Crippen LogP contribution in [-0.4, -0.2) is 72.6 Å². The number of unbranched alkanes of at least 4 members (excludes halogenated alkanes) is 1. The summed E-state index contributed by atoms with van der Waals surface area (Å²) in [6.07, 6.45) is 6.28. The lowest BCUT2D eigenvalue weighted by Gasteiger charge is -2.42. The standard InChI is InChI=1S/C13H21N5.C4H10/c1-16-9-12(10-16)11-17-5-7-18(8-6-17)13-14-3-2-4-15-13;1-3-4-2/h2-4,12H,5-11H2,1H3;3-4H2,1-2H3. The quantitative estimate of drug-likeness (QED) is 0.850. The lowest BCUT2D eigenvalue weighted by atomic mass is 10.0. The van der Waals surface area contributed by atoms with Gasteiger partial charge in [-0.2, -0.15) is 0 Å². The van der Waals surface area contributed by atoms with Crippen molar-refractivity contribution in [2.75, 3.05) is 57.8 Å². The van der Waals surface area contributed by atoms with Gasteiger partial charge >= 0.3 is 0 Å². The molecule has 2 saturated heterocycles. The number of anilines is 1. The Kier molecular flexibility index (Phi) is 7.06. The summed E-state index contributed by atoms with van der Waals surface area (Å²) < 4.78 is 0. The number of piperazine rings is 1. The molecule has 0 saturated carbocycles. The zero-order valence-electron chi connectivity index (χ0n) is 14.4. The van der Waals surface area contributed by atoms with Crippen molar-refractivity contribution in [1.82, 2.24) is 19.8 Å². The lowest BCUT2D eigenvalue weighted by Crippen LogP contribution is -2.53. The number of rotatable bonds is 4. The van der Waals surface area contributed by atoms with Gasteiger partial charge in [0.25, 0.3) is 0 Å². The van der Waals surface area contributed by atoms with Crippen molar-refractivity contribution in [3.05, 3.63) is 18.5 Å². The minimum atomic E-state index is 0.875. The number of hydrogen-bond acceptors (Lipinski definition) is 5. The van der Waals surface area contributed by atoms with E-state index in [2.05, 4.69) is 45.6 Å². The van der Waals surface area contributed by atoms with E-state index in [1.165, 1.54) is 32.5 Å². The normalized spacial score (nSPS) is 20.2. The molecular weight excluding hydrogens is 274 g/mol. The fourth-order valence-corrected chi connectivity index (χ4v) is 2.89. The zero-order chi connectivity index (χ0) is 15.8. The van der Waals surface area contributed by atoms with Crippen LogP contribution in [0.4, 0.5) is 5.95 Å². The Balaban J connectivity index is 0.000000396. The number of hydrogen-bond donors (Lipinski definition) is 0. The summed E-state index contributed by atoms with van der Waals surface area (Å²) in [5, 5.41) is 0. The summed E-state index contributed by atoms with van der Waals surface area (Å²) in [7, 11) is 2.20. The average molecular weight is 305 g/mol. The van der Waals surface area contributed by atoms with Gasteiger partial charge in [-0.3, -0.25) is 4.90 Å². The molecule has 0 N–H and O–H groups in total. The molecule has 0 aliphatic carbocycles. The van der Waals surface area contributed by atoms with Crippen LogP contribution in [0.3, 0.4) is 0 Å². The van der Waals surface area contributed by atoms with E-state index in [1.807, 2.05) is 18.5 Å². The molecule has 3 rings (SSSR count). The van der Waals surface area contributed by atoms with E-state index in [9.17, 15) is 0 Å². The molecule has 0 unspecified atom stereocenters. The van der Waals surface area contributed by atoms with Crippen molar-refractivity contribution in [2.24, 2.45) is 5.92 Å². The topological polar surface area (TPSA) is 35.5 Å². The van der Waals surface area contributed by atoms with Gasteiger partial charge < -0.3 is 9.80 Å². The molecule has 0 atom stereocenters. The molecule has 124 valence electrons. The van der Waals surface area contributed by atoms with Gasteiger partial charge in [0.05, 0.1) is 0 Å². The van der Waals surface area contributed by atoms with E-state index >= 15 is 0 Å². The highest BCUT2D eigenvalue weighted by Crippen LogP contribution is 2.16. The first-order valence-electron chi connectivity index (χ1n) is 8.65. The fourth-order valence-electron chi connectivity index (χ4n) is 2.89. The Morgan fingerprint density at radius 3 is 2.09 bits per heavy atom. The van der Waals surface area contributed by atoms with Gasteiger partial charge in [-0.25, -0.2) is 9.97 Å². The minimum Gasteiger partial charge on any atom is -0.338 e. The maximum atomic E-state index is 4.32. The van der Waals surface area contributed by atoms with E-state index < -0.39 is 0 Å². The minimum absolute atomic E-state index is 0.875. The molecule has 0 spiro atoms. The third-order valence-corrected chi connectivity index (χ3v) is 4.36. The van der Waals surface area contributed by atoms with Crippen LogP contribution in [0.1, 0.15) is 26.7 Å². The first kappa shape index (κ1) is 17.2. The van der Waals surface area contributed by atoms with E-state index in [4.69, 9.17) is 0 Å². The van der Waals surface area contributed by atoms with E-state index in [1.54, 1.807) is 0 Å². The highest BCUT2D eigenvalue weighted by atomic mass is 15.3. The Labute approximate surface area is 135 Å². The first-order chi connectivity index (χ1) is 10.7. The van der Waals surface area contributed by atoms with E-state index in [-0.39, 0.29) is 0 Å². The van der Waals surface area contributed by atoms with Gasteiger partial charge in [0, 0.05) is 58.2 Å².